The van der Waals surface area contributed by atoms with Crippen molar-refractivity contribution in [3.8, 4) is 5.75 Å². The molecule has 0 amide bonds. The maximum atomic E-state index is 12.3. The molecule has 0 atom stereocenters. The summed E-state index contributed by atoms with van der Waals surface area (Å²) in [6.07, 6.45) is 1.63. The summed E-state index contributed by atoms with van der Waals surface area (Å²) in [7, 11) is -0.914. The Morgan fingerprint density at radius 3 is 2.50 bits per heavy atom. The van der Waals surface area contributed by atoms with E-state index in [1.807, 2.05) is 11.6 Å². The van der Waals surface area contributed by atoms with Crippen LogP contribution in [-0.2, 0) is 21.9 Å². The van der Waals surface area contributed by atoms with E-state index >= 15 is 0 Å². The molecule has 0 saturated heterocycles. The minimum atomic E-state index is -4.01. The maximum Gasteiger partial charge on any atom is 0.339 e. The van der Waals surface area contributed by atoms with Crippen molar-refractivity contribution in [1.82, 2.24) is 9.55 Å². The number of nitrogens with zero attached hydrogens (tertiary/aromatic N) is 2. The smallest absolute Gasteiger partial charge is 0.339 e. The maximum absolute atomic E-state index is 12.3. The summed E-state index contributed by atoms with van der Waals surface area (Å²) in [6.45, 7) is 0. The number of carbonyl (C=O) groups is 1. The van der Waals surface area contributed by atoms with Gasteiger partial charge < -0.3 is 13.5 Å². The minimum Gasteiger partial charge on any atom is -0.465 e. The predicted octanol–water partition coefficient (Wildman–Crippen LogP) is 2.13. The normalized spacial score (nSPS) is 11.4. The number of hydrogen-bond donors (Lipinski definition) is 0. The highest BCUT2D eigenvalue weighted by Gasteiger charge is 2.18. The third-order valence-electron chi connectivity index (χ3n) is 3.47. The van der Waals surface area contributed by atoms with Crippen LogP contribution in [0.2, 0.25) is 0 Å². The lowest BCUT2D eigenvalue weighted by Crippen LogP contribution is -2.10. The summed E-state index contributed by atoms with van der Waals surface area (Å²) in [6, 6.07) is 10.2. The molecule has 3 rings (SSSR count). The van der Waals surface area contributed by atoms with Crippen molar-refractivity contribution in [2.45, 2.75) is 4.90 Å². The molecule has 0 N–H and O–H groups in total. The van der Waals surface area contributed by atoms with Crippen LogP contribution in [0.5, 0.6) is 5.75 Å². The van der Waals surface area contributed by atoms with Crippen molar-refractivity contribution in [2.75, 3.05) is 7.11 Å². The first-order valence-corrected chi connectivity index (χ1v) is 8.35. The first-order chi connectivity index (χ1) is 11.4. The Balaban J connectivity index is 1.88. The van der Waals surface area contributed by atoms with Gasteiger partial charge in [0.1, 0.15) is 10.6 Å². The summed E-state index contributed by atoms with van der Waals surface area (Å²) in [5.41, 5.74) is 1.75. The second-order valence-corrected chi connectivity index (χ2v) is 6.61. The number of aromatic nitrogens is 2. The second-order valence-electron chi connectivity index (χ2n) is 5.06. The van der Waals surface area contributed by atoms with Crippen LogP contribution in [0.1, 0.15) is 10.4 Å². The van der Waals surface area contributed by atoms with Gasteiger partial charge in [0.25, 0.3) is 0 Å². The van der Waals surface area contributed by atoms with E-state index in [0.717, 1.165) is 5.52 Å². The molecule has 0 spiro atoms. The van der Waals surface area contributed by atoms with E-state index in [1.54, 1.807) is 24.5 Å². The van der Waals surface area contributed by atoms with Crippen LogP contribution in [0.3, 0.4) is 0 Å². The van der Waals surface area contributed by atoms with Crippen LogP contribution >= 0.6 is 0 Å². The van der Waals surface area contributed by atoms with Gasteiger partial charge in [-0.3, -0.25) is 0 Å². The fourth-order valence-corrected chi connectivity index (χ4v) is 3.14. The van der Waals surface area contributed by atoms with Gasteiger partial charge in [0.15, 0.2) is 0 Å². The fraction of sp³-hybridized carbons (Fsp3) is 0.125. The van der Waals surface area contributed by atoms with Gasteiger partial charge in [-0.1, -0.05) is 0 Å². The summed E-state index contributed by atoms with van der Waals surface area (Å²) in [5.74, 6) is -0.376. The van der Waals surface area contributed by atoms with Gasteiger partial charge in [0.2, 0.25) is 0 Å². The third kappa shape index (κ3) is 2.95. The Bertz CT molecular complexity index is 1010. The van der Waals surface area contributed by atoms with E-state index in [9.17, 15) is 13.2 Å². The van der Waals surface area contributed by atoms with Crippen molar-refractivity contribution in [3.05, 3.63) is 54.4 Å². The van der Waals surface area contributed by atoms with Gasteiger partial charge in [-0.15, -0.1) is 0 Å². The summed E-state index contributed by atoms with van der Waals surface area (Å²) in [4.78, 5) is 15.5. The molecule has 0 saturated carbocycles. The summed E-state index contributed by atoms with van der Waals surface area (Å²) in [5, 5.41) is 0. The van der Waals surface area contributed by atoms with Crippen molar-refractivity contribution >= 4 is 27.1 Å². The lowest BCUT2D eigenvalue weighted by molar-refractivity contribution is 0.0600. The quantitative estimate of drug-likeness (QED) is 0.531. The molecule has 0 fully saturated rings. The van der Waals surface area contributed by atoms with Crippen molar-refractivity contribution in [1.29, 1.82) is 0 Å². The molecule has 7 nitrogen and oxygen atoms in total. The molecule has 8 heteroatoms. The van der Waals surface area contributed by atoms with Gasteiger partial charge in [-0.05, 0) is 36.4 Å². The number of esters is 1. The molecule has 0 unspecified atom stereocenters. The molecule has 1 aromatic heterocycles. The SMILES string of the molecule is COC(=O)c1ccc(S(=O)(=O)Oc2ccc3c(c2)ncn3C)cc1. The monoisotopic (exact) mass is 346 g/mol. The highest BCUT2D eigenvalue weighted by molar-refractivity contribution is 7.87. The first kappa shape index (κ1) is 16.0. The summed E-state index contributed by atoms with van der Waals surface area (Å²) < 4.78 is 36.2. The molecule has 0 bridgehead atoms. The predicted molar refractivity (Wildman–Crippen MR) is 86.3 cm³/mol. The third-order valence-corrected chi connectivity index (χ3v) is 4.73. The van der Waals surface area contributed by atoms with E-state index in [4.69, 9.17) is 4.18 Å². The van der Waals surface area contributed by atoms with Gasteiger partial charge in [-0.2, -0.15) is 8.42 Å². The molecular formula is C16H14N2O5S. The zero-order valence-electron chi connectivity index (χ0n) is 13.0. The number of ether oxygens (including phenoxy) is 1. The molecule has 0 aliphatic heterocycles. The molecule has 124 valence electrons. The number of rotatable bonds is 4. The molecule has 0 aliphatic carbocycles. The fourth-order valence-electron chi connectivity index (χ4n) is 2.22. The van der Waals surface area contributed by atoms with Crippen LogP contribution in [0.15, 0.2) is 53.7 Å². The Labute approximate surface area is 138 Å². The standard InChI is InChI=1S/C16H14N2O5S/c1-18-10-17-14-9-12(5-8-15(14)18)23-24(20,21)13-6-3-11(4-7-13)16(19)22-2/h3-10H,1-2H3. The number of hydrogen-bond acceptors (Lipinski definition) is 6. The van der Waals surface area contributed by atoms with Gasteiger partial charge in [0.05, 0.1) is 30.0 Å². The average Bonchev–Trinajstić information content (AvgIpc) is 2.94. The Kier molecular flexibility index (Phi) is 3.98. The highest BCUT2D eigenvalue weighted by atomic mass is 32.2. The lowest BCUT2D eigenvalue weighted by atomic mass is 10.2. The lowest BCUT2D eigenvalue weighted by Gasteiger charge is -2.07. The van der Waals surface area contributed by atoms with Crippen LogP contribution < -0.4 is 4.18 Å². The number of methoxy groups -OCH3 is 1. The molecule has 24 heavy (non-hydrogen) atoms. The molecule has 2 aromatic carbocycles. The first-order valence-electron chi connectivity index (χ1n) is 6.94. The number of carbonyl (C=O) groups excluding carboxylic acids is 1. The summed E-state index contributed by atoms with van der Waals surface area (Å²) >= 11 is 0. The van der Waals surface area contributed by atoms with Crippen molar-refractivity contribution in [2.24, 2.45) is 7.05 Å². The van der Waals surface area contributed by atoms with Crippen LogP contribution in [-0.4, -0.2) is 31.0 Å². The van der Waals surface area contributed by atoms with E-state index < -0.39 is 16.1 Å². The number of fused-ring (bicyclic) bond motifs is 1. The van der Waals surface area contributed by atoms with Crippen molar-refractivity contribution in [3.63, 3.8) is 0 Å². The highest BCUT2D eigenvalue weighted by Crippen LogP contribution is 2.23. The van der Waals surface area contributed by atoms with Crippen LogP contribution in [0.4, 0.5) is 0 Å². The Morgan fingerprint density at radius 1 is 1.12 bits per heavy atom. The van der Waals surface area contributed by atoms with Gasteiger partial charge in [-0.25, -0.2) is 9.78 Å². The van der Waals surface area contributed by atoms with E-state index in [0.29, 0.717) is 5.52 Å². The second kappa shape index (κ2) is 5.97. The molecule has 1 heterocycles. The topological polar surface area (TPSA) is 87.5 Å². The molecule has 0 radical (unpaired) electrons. The van der Waals surface area contributed by atoms with Crippen LogP contribution in [0, 0.1) is 0 Å². The molecule has 3 aromatic rings. The van der Waals surface area contributed by atoms with E-state index in [1.165, 1.54) is 31.4 Å². The Morgan fingerprint density at radius 2 is 1.83 bits per heavy atom. The zero-order chi connectivity index (χ0) is 17.3. The van der Waals surface area contributed by atoms with Gasteiger partial charge in [0, 0.05) is 13.1 Å². The zero-order valence-corrected chi connectivity index (χ0v) is 13.8. The van der Waals surface area contributed by atoms with Crippen molar-refractivity contribution < 1.29 is 22.1 Å². The number of aryl methyl sites for hydroxylation is 1. The van der Waals surface area contributed by atoms with Crippen LogP contribution in [0.25, 0.3) is 11.0 Å². The molecular weight excluding hydrogens is 332 g/mol. The Hall–Kier alpha value is -2.87. The van der Waals surface area contributed by atoms with E-state index in [2.05, 4.69) is 9.72 Å². The largest absolute Gasteiger partial charge is 0.465 e. The van der Waals surface area contributed by atoms with Gasteiger partial charge >= 0.3 is 16.1 Å². The number of benzene rings is 2. The molecule has 0 aliphatic rings. The minimum absolute atomic E-state index is 0.0590. The number of imidazole rings is 1. The van der Waals surface area contributed by atoms with E-state index in [-0.39, 0.29) is 16.2 Å². The average molecular weight is 346 g/mol.